The minimum atomic E-state index is -0.707. The molecule has 0 saturated heterocycles. The molecule has 0 N–H and O–H groups in total. The normalized spacial score (nSPS) is 12.0. The van der Waals surface area contributed by atoms with Crippen LogP contribution in [0, 0.1) is 5.82 Å². The number of hydrogen-bond acceptors (Lipinski definition) is 2. The molecule has 0 heterocycles. The number of carbonyl (C=O) groups is 1. The van der Waals surface area contributed by atoms with E-state index < -0.39 is 11.9 Å². The van der Waals surface area contributed by atoms with Crippen LogP contribution in [0.15, 0.2) is 42.5 Å². The molecule has 0 aromatic heterocycles. The Morgan fingerprint density at radius 3 is 2.67 bits per heavy atom. The van der Waals surface area contributed by atoms with Crippen LogP contribution in [-0.4, -0.2) is 11.9 Å². The molecule has 0 bridgehead atoms. The van der Waals surface area contributed by atoms with E-state index in [1.807, 2.05) is 0 Å². The van der Waals surface area contributed by atoms with E-state index in [2.05, 4.69) is 0 Å². The van der Waals surface area contributed by atoms with Gasteiger partial charge in [-0.15, -0.1) is 0 Å². The number of Topliss-reactive ketones (excluding diaryl/α,β-unsaturated/α-hetero) is 1. The molecule has 2 nitrogen and oxygen atoms in total. The number of hydrogen-bond donors (Lipinski definition) is 0. The van der Waals surface area contributed by atoms with Crippen molar-refractivity contribution in [1.82, 2.24) is 0 Å². The highest BCUT2D eigenvalue weighted by Crippen LogP contribution is 2.21. The van der Waals surface area contributed by atoms with E-state index in [1.165, 1.54) is 12.1 Å². The van der Waals surface area contributed by atoms with Crippen molar-refractivity contribution in [2.24, 2.45) is 0 Å². The van der Waals surface area contributed by atoms with Gasteiger partial charge < -0.3 is 4.74 Å². The Morgan fingerprint density at radius 1 is 1.24 bits per heavy atom. The van der Waals surface area contributed by atoms with Gasteiger partial charge in [-0.2, -0.15) is 0 Å². The Bertz CT molecular complexity index is 658. The quantitative estimate of drug-likeness (QED) is 0.795. The van der Waals surface area contributed by atoms with Gasteiger partial charge in [-0.05, 0) is 36.8 Å². The largest absolute Gasteiger partial charge is 0.483 e. The fourth-order valence-electron chi connectivity index (χ4n) is 1.83. The van der Waals surface area contributed by atoms with Crippen molar-refractivity contribution in [3.05, 3.63) is 63.9 Å². The van der Waals surface area contributed by atoms with Gasteiger partial charge in [-0.3, -0.25) is 4.79 Å². The average Bonchev–Trinajstić information content (AvgIpc) is 2.44. The SMILES string of the molecule is CC(Oc1cccc(Cl)c1)C(=O)Cc1cccc(Cl)c1F. The molecule has 0 spiro atoms. The first-order valence-electron chi connectivity index (χ1n) is 6.35. The number of rotatable bonds is 5. The van der Waals surface area contributed by atoms with Gasteiger partial charge in [0.15, 0.2) is 11.9 Å². The van der Waals surface area contributed by atoms with Gasteiger partial charge in [0.2, 0.25) is 0 Å². The van der Waals surface area contributed by atoms with Crippen molar-refractivity contribution in [3.63, 3.8) is 0 Å². The molecule has 0 aliphatic heterocycles. The molecule has 0 radical (unpaired) electrons. The summed E-state index contributed by atoms with van der Waals surface area (Å²) in [6.45, 7) is 1.62. The number of halogens is 3. The summed E-state index contributed by atoms with van der Waals surface area (Å²) in [6.07, 6.45) is -0.782. The number of benzene rings is 2. The minimum absolute atomic E-state index is 0.00344. The molecule has 0 aliphatic carbocycles. The van der Waals surface area contributed by atoms with E-state index in [1.54, 1.807) is 37.3 Å². The molecule has 110 valence electrons. The summed E-state index contributed by atoms with van der Waals surface area (Å²) >= 11 is 11.5. The van der Waals surface area contributed by atoms with Crippen LogP contribution < -0.4 is 4.74 Å². The fourth-order valence-corrected chi connectivity index (χ4v) is 2.20. The summed E-state index contributed by atoms with van der Waals surface area (Å²) in [4.78, 5) is 12.1. The van der Waals surface area contributed by atoms with Gasteiger partial charge >= 0.3 is 0 Å². The van der Waals surface area contributed by atoms with Gasteiger partial charge in [0, 0.05) is 11.4 Å². The predicted octanol–water partition coefficient (Wildman–Crippen LogP) is 4.71. The molecule has 0 aliphatic rings. The number of ether oxygens (including phenoxy) is 1. The van der Waals surface area contributed by atoms with Crippen LogP contribution in [0.5, 0.6) is 5.75 Å². The van der Waals surface area contributed by atoms with Gasteiger partial charge in [-0.1, -0.05) is 41.4 Å². The zero-order valence-electron chi connectivity index (χ0n) is 11.3. The first-order chi connectivity index (χ1) is 9.97. The van der Waals surface area contributed by atoms with Crippen LogP contribution in [-0.2, 0) is 11.2 Å². The lowest BCUT2D eigenvalue weighted by Gasteiger charge is -2.14. The second kappa shape index (κ2) is 6.92. The summed E-state index contributed by atoms with van der Waals surface area (Å²) in [5, 5.41) is 0.525. The van der Waals surface area contributed by atoms with Crippen molar-refractivity contribution >= 4 is 29.0 Å². The maximum Gasteiger partial charge on any atom is 0.177 e. The Balaban J connectivity index is 2.04. The van der Waals surface area contributed by atoms with Crippen LogP contribution in [0.4, 0.5) is 4.39 Å². The summed E-state index contributed by atoms with van der Waals surface area (Å²) in [7, 11) is 0. The third-order valence-electron chi connectivity index (χ3n) is 2.96. The van der Waals surface area contributed by atoms with Crippen LogP contribution in [0.1, 0.15) is 12.5 Å². The first-order valence-corrected chi connectivity index (χ1v) is 7.11. The van der Waals surface area contributed by atoms with Gasteiger partial charge in [0.25, 0.3) is 0 Å². The fraction of sp³-hybridized carbons (Fsp3) is 0.188. The van der Waals surface area contributed by atoms with Crippen LogP contribution in [0.2, 0.25) is 10.0 Å². The van der Waals surface area contributed by atoms with Crippen LogP contribution in [0.25, 0.3) is 0 Å². The third kappa shape index (κ3) is 4.19. The zero-order chi connectivity index (χ0) is 15.4. The van der Waals surface area contributed by atoms with Crippen molar-refractivity contribution < 1.29 is 13.9 Å². The van der Waals surface area contributed by atoms with Crippen molar-refractivity contribution in [2.45, 2.75) is 19.4 Å². The Kier molecular flexibility index (Phi) is 5.21. The lowest BCUT2D eigenvalue weighted by molar-refractivity contribution is -0.124. The Hall–Kier alpha value is -1.58. The lowest BCUT2D eigenvalue weighted by atomic mass is 10.1. The van der Waals surface area contributed by atoms with Crippen molar-refractivity contribution in [2.75, 3.05) is 0 Å². The second-order valence-electron chi connectivity index (χ2n) is 4.57. The van der Waals surface area contributed by atoms with Gasteiger partial charge in [0.1, 0.15) is 11.6 Å². The molecule has 1 unspecified atom stereocenters. The molecule has 2 aromatic rings. The van der Waals surface area contributed by atoms with Crippen molar-refractivity contribution in [3.8, 4) is 5.75 Å². The van der Waals surface area contributed by atoms with Gasteiger partial charge in [0.05, 0.1) is 5.02 Å². The molecule has 2 aromatic carbocycles. The van der Waals surface area contributed by atoms with Crippen LogP contribution >= 0.6 is 23.2 Å². The molecule has 0 fully saturated rings. The molecule has 5 heteroatoms. The maximum atomic E-state index is 13.8. The highest BCUT2D eigenvalue weighted by Gasteiger charge is 2.18. The summed E-state index contributed by atoms with van der Waals surface area (Å²) in [5.41, 5.74) is 0.258. The number of carbonyl (C=O) groups excluding carboxylic acids is 1. The number of ketones is 1. The van der Waals surface area contributed by atoms with E-state index in [0.717, 1.165) is 0 Å². The molecule has 0 saturated carbocycles. The smallest absolute Gasteiger partial charge is 0.177 e. The predicted molar refractivity (Wildman–Crippen MR) is 81.7 cm³/mol. The van der Waals surface area contributed by atoms with E-state index in [4.69, 9.17) is 27.9 Å². The Labute approximate surface area is 132 Å². The third-order valence-corrected chi connectivity index (χ3v) is 3.49. The maximum absolute atomic E-state index is 13.8. The topological polar surface area (TPSA) is 26.3 Å². The monoisotopic (exact) mass is 326 g/mol. The summed E-state index contributed by atoms with van der Waals surface area (Å²) in [5.74, 6) is -0.312. The highest BCUT2D eigenvalue weighted by molar-refractivity contribution is 6.31. The van der Waals surface area contributed by atoms with E-state index in [9.17, 15) is 9.18 Å². The standard InChI is InChI=1S/C16H13Cl2FO2/c1-10(21-13-6-3-5-12(17)9-13)15(20)8-11-4-2-7-14(18)16(11)19/h2-7,9-10H,8H2,1H3. The molecule has 21 heavy (non-hydrogen) atoms. The summed E-state index contributed by atoms with van der Waals surface area (Å²) in [6, 6.07) is 11.3. The summed E-state index contributed by atoms with van der Waals surface area (Å²) < 4.78 is 19.3. The highest BCUT2D eigenvalue weighted by atomic mass is 35.5. The molecule has 0 amide bonds. The van der Waals surface area contributed by atoms with E-state index >= 15 is 0 Å². The van der Waals surface area contributed by atoms with Crippen LogP contribution in [0.3, 0.4) is 0 Å². The average molecular weight is 327 g/mol. The Morgan fingerprint density at radius 2 is 1.95 bits per heavy atom. The van der Waals surface area contributed by atoms with Crippen molar-refractivity contribution in [1.29, 1.82) is 0 Å². The molecular formula is C16H13Cl2FO2. The zero-order valence-corrected chi connectivity index (χ0v) is 12.8. The molecule has 1 atom stereocenters. The lowest BCUT2D eigenvalue weighted by Crippen LogP contribution is -2.25. The van der Waals surface area contributed by atoms with E-state index in [-0.39, 0.29) is 22.8 Å². The molecule has 2 rings (SSSR count). The van der Waals surface area contributed by atoms with Gasteiger partial charge in [-0.25, -0.2) is 4.39 Å². The molecular weight excluding hydrogens is 314 g/mol. The second-order valence-corrected chi connectivity index (χ2v) is 5.42. The first kappa shape index (κ1) is 15.8. The van der Waals surface area contributed by atoms with E-state index in [0.29, 0.717) is 10.8 Å². The minimum Gasteiger partial charge on any atom is -0.483 e.